The van der Waals surface area contributed by atoms with Crippen LogP contribution < -0.4 is 0 Å². The molecule has 1 aliphatic carbocycles. The van der Waals surface area contributed by atoms with Crippen molar-refractivity contribution in [3.8, 4) is 0 Å². The Morgan fingerprint density at radius 3 is 2.09 bits per heavy atom. The summed E-state index contributed by atoms with van der Waals surface area (Å²) in [5, 5.41) is 0. The monoisotopic (exact) mass is 154 g/mol. The minimum Gasteiger partial charge on any atom is -0.380 e. The van der Waals surface area contributed by atoms with Crippen LogP contribution in [0.15, 0.2) is 0 Å². The molecule has 0 N–H and O–H groups in total. The van der Waals surface area contributed by atoms with Crippen LogP contribution >= 0.6 is 0 Å². The third kappa shape index (κ3) is 0.936. The van der Waals surface area contributed by atoms with Crippen molar-refractivity contribution in [2.45, 2.75) is 33.6 Å². The van der Waals surface area contributed by atoms with Crippen LogP contribution in [0.1, 0.15) is 33.6 Å². The van der Waals surface area contributed by atoms with E-state index in [2.05, 4.69) is 20.8 Å². The van der Waals surface area contributed by atoms with Crippen LogP contribution in [0, 0.1) is 16.7 Å². The Labute approximate surface area is 69.1 Å². The number of hydrogen-bond donors (Lipinski definition) is 0. The van der Waals surface area contributed by atoms with E-state index in [0.717, 1.165) is 19.1 Å². The molecule has 2 fully saturated rings. The molecule has 2 aliphatic rings. The molecule has 1 heteroatoms. The summed E-state index contributed by atoms with van der Waals surface area (Å²) >= 11 is 0. The van der Waals surface area contributed by atoms with Crippen LogP contribution in [0.3, 0.4) is 0 Å². The van der Waals surface area contributed by atoms with Gasteiger partial charge in [0.05, 0.1) is 13.2 Å². The molecule has 1 saturated carbocycles. The van der Waals surface area contributed by atoms with Gasteiger partial charge < -0.3 is 4.74 Å². The van der Waals surface area contributed by atoms with Crippen LogP contribution in [0.5, 0.6) is 0 Å². The molecule has 0 spiro atoms. The predicted octanol–water partition coefficient (Wildman–Crippen LogP) is 2.46. The fourth-order valence-electron chi connectivity index (χ4n) is 2.27. The smallest absolute Gasteiger partial charge is 0.0528 e. The van der Waals surface area contributed by atoms with Gasteiger partial charge in [0, 0.05) is 5.41 Å². The largest absolute Gasteiger partial charge is 0.380 e. The summed E-state index contributed by atoms with van der Waals surface area (Å²) in [6, 6.07) is 0. The highest BCUT2D eigenvalue weighted by Gasteiger charge is 2.54. The maximum Gasteiger partial charge on any atom is 0.0528 e. The topological polar surface area (TPSA) is 9.23 Å². The SMILES string of the molecule is CC1(C)COC[C@]1(C)C1CC1. The summed E-state index contributed by atoms with van der Waals surface area (Å²) in [6.45, 7) is 9.04. The fraction of sp³-hybridized carbons (Fsp3) is 1.00. The summed E-state index contributed by atoms with van der Waals surface area (Å²) in [7, 11) is 0. The number of rotatable bonds is 1. The van der Waals surface area contributed by atoms with E-state index >= 15 is 0 Å². The molecule has 1 aliphatic heterocycles. The van der Waals surface area contributed by atoms with Crippen molar-refractivity contribution in [1.82, 2.24) is 0 Å². The van der Waals surface area contributed by atoms with Crippen LogP contribution in [0.2, 0.25) is 0 Å². The van der Waals surface area contributed by atoms with Gasteiger partial charge in [0.2, 0.25) is 0 Å². The van der Waals surface area contributed by atoms with Gasteiger partial charge in [-0.05, 0) is 24.2 Å². The standard InChI is InChI=1S/C10H18O/c1-9(2)6-11-7-10(9,3)8-4-5-8/h8H,4-7H2,1-3H3/t10-/m1/s1. The molecule has 11 heavy (non-hydrogen) atoms. The Hall–Kier alpha value is -0.0400. The van der Waals surface area contributed by atoms with Crippen LogP contribution in [-0.2, 0) is 4.74 Å². The van der Waals surface area contributed by atoms with E-state index in [1.165, 1.54) is 12.8 Å². The molecule has 1 atom stereocenters. The lowest BCUT2D eigenvalue weighted by Crippen LogP contribution is -2.35. The van der Waals surface area contributed by atoms with Crippen molar-refractivity contribution in [2.75, 3.05) is 13.2 Å². The third-order valence-corrected chi connectivity index (χ3v) is 3.89. The number of hydrogen-bond acceptors (Lipinski definition) is 1. The highest BCUT2D eigenvalue weighted by atomic mass is 16.5. The van der Waals surface area contributed by atoms with Gasteiger partial charge in [-0.1, -0.05) is 20.8 Å². The van der Waals surface area contributed by atoms with Gasteiger partial charge in [-0.25, -0.2) is 0 Å². The Morgan fingerprint density at radius 2 is 1.73 bits per heavy atom. The lowest BCUT2D eigenvalue weighted by Gasteiger charge is -2.36. The van der Waals surface area contributed by atoms with Crippen molar-refractivity contribution >= 4 is 0 Å². The van der Waals surface area contributed by atoms with E-state index in [4.69, 9.17) is 4.74 Å². The van der Waals surface area contributed by atoms with Crippen molar-refractivity contribution in [2.24, 2.45) is 16.7 Å². The summed E-state index contributed by atoms with van der Waals surface area (Å²) in [6.07, 6.45) is 2.87. The molecule has 1 heterocycles. The molecule has 2 rings (SSSR count). The van der Waals surface area contributed by atoms with Crippen molar-refractivity contribution < 1.29 is 4.74 Å². The van der Waals surface area contributed by atoms with E-state index in [-0.39, 0.29) is 0 Å². The first-order valence-corrected chi connectivity index (χ1v) is 4.64. The maximum atomic E-state index is 5.58. The van der Waals surface area contributed by atoms with Gasteiger partial charge in [-0.3, -0.25) is 0 Å². The summed E-state index contributed by atoms with van der Waals surface area (Å²) in [4.78, 5) is 0. The van der Waals surface area contributed by atoms with Crippen LogP contribution in [0.25, 0.3) is 0 Å². The molecule has 0 bridgehead atoms. The molecule has 64 valence electrons. The van der Waals surface area contributed by atoms with Crippen molar-refractivity contribution in [3.63, 3.8) is 0 Å². The molecular weight excluding hydrogens is 136 g/mol. The van der Waals surface area contributed by atoms with E-state index in [1.807, 2.05) is 0 Å². The van der Waals surface area contributed by atoms with Crippen molar-refractivity contribution in [1.29, 1.82) is 0 Å². The Morgan fingerprint density at radius 1 is 1.09 bits per heavy atom. The minimum absolute atomic E-state index is 0.411. The van der Waals surface area contributed by atoms with E-state index < -0.39 is 0 Å². The van der Waals surface area contributed by atoms with Gasteiger partial charge >= 0.3 is 0 Å². The zero-order valence-corrected chi connectivity index (χ0v) is 7.81. The summed E-state index contributed by atoms with van der Waals surface area (Å²) in [5.41, 5.74) is 0.890. The second-order valence-corrected chi connectivity index (χ2v) is 5.07. The third-order valence-electron chi connectivity index (χ3n) is 3.89. The van der Waals surface area contributed by atoms with Crippen LogP contribution in [0.4, 0.5) is 0 Å². The number of ether oxygens (including phenoxy) is 1. The van der Waals surface area contributed by atoms with Gasteiger partial charge in [0.15, 0.2) is 0 Å². The zero-order chi connectivity index (χ0) is 8.11. The van der Waals surface area contributed by atoms with Gasteiger partial charge in [-0.2, -0.15) is 0 Å². The first-order chi connectivity index (χ1) is 5.06. The molecule has 0 radical (unpaired) electrons. The molecule has 1 nitrogen and oxygen atoms in total. The van der Waals surface area contributed by atoms with Gasteiger partial charge in [0.1, 0.15) is 0 Å². The average molecular weight is 154 g/mol. The maximum absolute atomic E-state index is 5.58. The molecule has 0 aromatic rings. The Bertz CT molecular complexity index is 170. The Kier molecular flexibility index (Phi) is 1.39. The molecular formula is C10H18O. The minimum atomic E-state index is 0.411. The second kappa shape index (κ2) is 2.01. The first kappa shape index (κ1) is 7.60. The van der Waals surface area contributed by atoms with E-state index in [9.17, 15) is 0 Å². The van der Waals surface area contributed by atoms with Gasteiger partial charge in [-0.15, -0.1) is 0 Å². The first-order valence-electron chi connectivity index (χ1n) is 4.64. The van der Waals surface area contributed by atoms with Gasteiger partial charge in [0.25, 0.3) is 0 Å². The zero-order valence-electron chi connectivity index (χ0n) is 7.81. The average Bonchev–Trinajstić information content (AvgIpc) is 2.64. The molecule has 0 aromatic carbocycles. The lowest BCUT2D eigenvalue weighted by atomic mass is 9.66. The normalized spacial score (nSPS) is 42.8. The van der Waals surface area contributed by atoms with Crippen molar-refractivity contribution in [3.05, 3.63) is 0 Å². The second-order valence-electron chi connectivity index (χ2n) is 5.07. The lowest BCUT2D eigenvalue weighted by molar-refractivity contribution is 0.123. The predicted molar refractivity (Wildman–Crippen MR) is 45.4 cm³/mol. The summed E-state index contributed by atoms with van der Waals surface area (Å²) in [5.74, 6) is 0.958. The highest BCUT2D eigenvalue weighted by molar-refractivity contribution is 5.02. The molecule has 0 aromatic heterocycles. The van der Waals surface area contributed by atoms with E-state index in [1.54, 1.807) is 0 Å². The Balaban J connectivity index is 2.21. The molecule has 0 amide bonds. The quantitative estimate of drug-likeness (QED) is 0.563. The van der Waals surface area contributed by atoms with E-state index in [0.29, 0.717) is 10.8 Å². The highest BCUT2D eigenvalue weighted by Crippen LogP contribution is 2.57. The molecule has 0 unspecified atom stereocenters. The fourth-order valence-corrected chi connectivity index (χ4v) is 2.27. The molecule has 1 saturated heterocycles. The van der Waals surface area contributed by atoms with Crippen LogP contribution in [-0.4, -0.2) is 13.2 Å². The summed E-state index contributed by atoms with van der Waals surface area (Å²) < 4.78 is 5.58.